The van der Waals surface area contributed by atoms with E-state index in [9.17, 15) is 19.2 Å². The summed E-state index contributed by atoms with van der Waals surface area (Å²) in [6, 6.07) is 0.729. The Kier molecular flexibility index (Phi) is 6.67. The van der Waals surface area contributed by atoms with Crippen LogP contribution in [0.1, 0.15) is 39.2 Å². The van der Waals surface area contributed by atoms with Crippen molar-refractivity contribution >= 4 is 34.6 Å². The number of nitrogens with zero attached hydrogens (tertiary/aromatic N) is 9. The zero-order valence-corrected chi connectivity index (χ0v) is 23.0. The largest absolute Gasteiger partial charge is 0.340 e. The highest BCUT2D eigenvalue weighted by atomic mass is 16.2. The van der Waals surface area contributed by atoms with Crippen LogP contribution in [-0.4, -0.2) is 63.4 Å². The fourth-order valence-corrected chi connectivity index (χ4v) is 5.40. The zero-order valence-electron chi connectivity index (χ0n) is 23.0. The van der Waals surface area contributed by atoms with E-state index in [-0.39, 0.29) is 35.7 Å². The van der Waals surface area contributed by atoms with Crippen LogP contribution in [0.2, 0.25) is 0 Å². The first-order valence-electron chi connectivity index (χ1n) is 13.7. The lowest BCUT2D eigenvalue weighted by Crippen LogP contribution is -2.41. The van der Waals surface area contributed by atoms with Crippen LogP contribution in [-0.2, 0) is 23.2 Å². The minimum Gasteiger partial charge on any atom is -0.340 e. The van der Waals surface area contributed by atoms with E-state index in [1.54, 1.807) is 32.3 Å². The van der Waals surface area contributed by atoms with Gasteiger partial charge in [-0.2, -0.15) is 0 Å². The van der Waals surface area contributed by atoms with Gasteiger partial charge in [0.2, 0.25) is 11.9 Å². The summed E-state index contributed by atoms with van der Waals surface area (Å²) in [6.45, 7) is 5.10. The van der Waals surface area contributed by atoms with Crippen molar-refractivity contribution in [1.82, 2.24) is 38.6 Å². The number of piperidine rings is 1. The number of fused-ring (bicyclic) bond motifs is 2. The maximum Gasteiger partial charge on any atom is 0.332 e. The van der Waals surface area contributed by atoms with Crippen molar-refractivity contribution in [3.05, 3.63) is 51.8 Å². The summed E-state index contributed by atoms with van der Waals surface area (Å²) in [5.41, 5.74) is -0.508. The van der Waals surface area contributed by atoms with Crippen molar-refractivity contribution in [3.8, 4) is 11.4 Å². The molecule has 6 rings (SSSR count). The molecule has 41 heavy (non-hydrogen) atoms. The molecule has 0 spiro atoms. The van der Waals surface area contributed by atoms with Gasteiger partial charge in [-0.25, -0.2) is 29.7 Å². The highest BCUT2D eigenvalue weighted by Gasteiger charge is 2.45. The van der Waals surface area contributed by atoms with E-state index in [0.717, 1.165) is 29.5 Å². The second-order valence-corrected chi connectivity index (χ2v) is 10.6. The Morgan fingerprint density at radius 2 is 1.80 bits per heavy atom. The van der Waals surface area contributed by atoms with Gasteiger partial charge in [0.25, 0.3) is 5.56 Å². The number of carbonyl (C=O) groups excluding carboxylic acids is 2. The van der Waals surface area contributed by atoms with Gasteiger partial charge >= 0.3 is 5.69 Å². The Labute approximate surface area is 234 Å². The van der Waals surface area contributed by atoms with Crippen molar-refractivity contribution in [2.45, 2.75) is 45.7 Å². The summed E-state index contributed by atoms with van der Waals surface area (Å²) in [5, 5.41) is 2.80. The monoisotopic (exact) mass is 558 g/mol. The zero-order chi connectivity index (χ0) is 28.8. The van der Waals surface area contributed by atoms with Crippen LogP contribution in [0.25, 0.3) is 22.6 Å². The number of nitrogens with one attached hydrogen (secondary N) is 1. The maximum absolute atomic E-state index is 13.4. The summed E-state index contributed by atoms with van der Waals surface area (Å²) in [4.78, 5) is 75.8. The molecule has 1 saturated heterocycles. The van der Waals surface area contributed by atoms with Crippen molar-refractivity contribution in [1.29, 1.82) is 0 Å². The first-order chi connectivity index (χ1) is 19.8. The number of aryl methyl sites for hydroxylation is 1. The predicted octanol–water partition coefficient (Wildman–Crippen LogP) is 1.17. The first-order valence-corrected chi connectivity index (χ1v) is 13.7. The van der Waals surface area contributed by atoms with Crippen LogP contribution in [0.15, 0.2) is 40.6 Å². The molecule has 2 fully saturated rings. The number of aromatic nitrogens is 8. The average Bonchev–Trinajstić information content (AvgIpc) is 3.36. The van der Waals surface area contributed by atoms with Crippen LogP contribution >= 0.6 is 0 Å². The Bertz CT molecular complexity index is 1760. The molecule has 2 aliphatic rings. The molecule has 4 aromatic rings. The van der Waals surface area contributed by atoms with Gasteiger partial charge in [-0.05, 0) is 30.7 Å². The van der Waals surface area contributed by atoms with Crippen LogP contribution in [0.4, 0.5) is 11.8 Å². The van der Waals surface area contributed by atoms with Gasteiger partial charge in [-0.1, -0.05) is 13.8 Å². The number of amides is 1. The molecular weight excluding hydrogens is 528 g/mol. The lowest BCUT2D eigenvalue weighted by molar-refractivity contribution is -0.120. The first kappa shape index (κ1) is 26.5. The van der Waals surface area contributed by atoms with Crippen molar-refractivity contribution < 1.29 is 9.59 Å². The van der Waals surface area contributed by atoms with E-state index in [4.69, 9.17) is 0 Å². The number of rotatable bonds is 9. The van der Waals surface area contributed by atoms with E-state index in [1.165, 1.54) is 35.1 Å². The summed E-state index contributed by atoms with van der Waals surface area (Å²) in [6.07, 6.45) is 8.05. The number of carbonyl (C=O) groups is 2. The summed E-state index contributed by atoms with van der Waals surface area (Å²) in [5.74, 6) is 2.17. The smallest absolute Gasteiger partial charge is 0.332 e. The lowest BCUT2D eigenvalue weighted by atomic mass is 10.2. The Hall–Kier alpha value is -4.75. The molecule has 0 bridgehead atoms. The normalized spacial score (nSPS) is 18.4. The van der Waals surface area contributed by atoms with Crippen LogP contribution < -0.4 is 21.5 Å². The second-order valence-electron chi connectivity index (χ2n) is 10.6. The fourth-order valence-electron chi connectivity index (χ4n) is 5.40. The van der Waals surface area contributed by atoms with Gasteiger partial charge < -0.3 is 14.8 Å². The number of hydrogen-bond acceptors (Lipinski definition) is 10. The van der Waals surface area contributed by atoms with Crippen LogP contribution in [0.3, 0.4) is 0 Å². The minimum atomic E-state index is -0.840. The fraction of sp³-hybridized carbons (Fsp3) is 0.444. The number of hydrogen-bond donors (Lipinski definition) is 1. The van der Waals surface area contributed by atoms with Crippen LogP contribution in [0.5, 0.6) is 0 Å². The molecule has 0 aromatic carbocycles. The predicted molar refractivity (Wildman–Crippen MR) is 149 cm³/mol. The van der Waals surface area contributed by atoms with Gasteiger partial charge in [-0.3, -0.25) is 23.5 Å². The Morgan fingerprint density at radius 3 is 2.49 bits per heavy atom. The number of imidazole rings is 1. The van der Waals surface area contributed by atoms with Crippen molar-refractivity contribution in [3.63, 3.8) is 0 Å². The van der Waals surface area contributed by atoms with Gasteiger partial charge in [0.15, 0.2) is 22.8 Å². The number of Topliss-reactive ketones (excluding diaryl/α,β-unsaturated/α-hetero) is 1. The molecular formula is C27H30N10O4. The highest BCUT2D eigenvalue weighted by molar-refractivity contribution is 5.94. The Balaban J connectivity index is 1.25. The third-order valence-corrected chi connectivity index (χ3v) is 7.88. The van der Waals surface area contributed by atoms with Crippen LogP contribution in [0, 0.1) is 11.8 Å². The molecule has 1 aliphatic heterocycles. The van der Waals surface area contributed by atoms with E-state index in [2.05, 4.69) is 35.1 Å². The quantitative estimate of drug-likeness (QED) is 0.315. The average molecular weight is 559 g/mol. The second kappa shape index (κ2) is 10.3. The van der Waals surface area contributed by atoms with Crippen molar-refractivity contribution in [2.24, 2.45) is 18.9 Å². The van der Waals surface area contributed by atoms with Gasteiger partial charge in [0, 0.05) is 45.1 Å². The molecule has 0 radical (unpaired) electrons. The van der Waals surface area contributed by atoms with E-state index in [1.807, 2.05) is 0 Å². The molecule has 14 heteroatoms. The van der Waals surface area contributed by atoms with E-state index in [0.29, 0.717) is 23.8 Å². The van der Waals surface area contributed by atoms with Gasteiger partial charge in [0.05, 0.1) is 18.4 Å². The topological polar surface area (TPSA) is 163 Å². The lowest BCUT2D eigenvalue weighted by Gasteiger charge is -2.18. The molecule has 1 N–H and O–H groups in total. The van der Waals surface area contributed by atoms with Crippen molar-refractivity contribution in [2.75, 3.05) is 23.3 Å². The molecule has 1 saturated carbocycles. The molecule has 212 valence electrons. The SMILES string of the molecule is CCC(=O)Cn1c(=O)c2c(ncn2C(CC)C(=O)Nc2ccnc(-c3cnc(N4CC5CC5C4)nc3)n2)n(C)c1=O. The third kappa shape index (κ3) is 4.78. The summed E-state index contributed by atoms with van der Waals surface area (Å²) >= 11 is 0. The summed E-state index contributed by atoms with van der Waals surface area (Å²) in [7, 11) is 1.47. The van der Waals surface area contributed by atoms with Gasteiger partial charge in [-0.15, -0.1) is 0 Å². The number of ketones is 1. The number of anilines is 2. The maximum atomic E-state index is 13.4. The highest BCUT2D eigenvalue weighted by Crippen LogP contribution is 2.45. The standard InChI is InChI=1S/C27H30N10O4/c1-4-18(38)13-36-25(40)21-23(34(3)27(36)41)31-14-37(21)19(5-2)24(39)33-20-6-7-28-22(32-20)17-9-29-26(30-10-17)35-11-15-8-16(15)12-35/h6-7,9-10,14-16,19H,4-5,8,11-13H2,1-3H3,(H,28,32,33,39). The molecule has 5 heterocycles. The molecule has 3 atom stereocenters. The molecule has 1 amide bonds. The molecule has 1 aliphatic carbocycles. The minimum absolute atomic E-state index is 0.0638. The van der Waals surface area contributed by atoms with E-state index < -0.39 is 23.2 Å². The van der Waals surface area contributed by atoms with E-state index >= 15 is 0 Å². The molecule has 14 nitrogen and oxygen atoms in total. The summed E-state index contributed by atoms with van der Waals surface area (Å²) < 4.78 is 3.53. The van der Waals surface area contributed by atoms with Gasteiger partial charge in [0.1, 0.15) is 11.9 Å². The third-order valence-electron chi connectivity index (χ3n) is 7.88. The molecule has 4 aromatic heterocycles. The molecule has 3 unspecified atom stereocenters. The Morgan fingerprint density at radius 1 is 1.07 bits per heavy atom.